The lowest BCUT2D eigenvalue weighted by atomic mass is 10.1. The van der Waals surface area contributed by atoms with Gasteiger partial charge in [0.15, 0.2) is 5.17 Å². The van der Waals surface area contributed by atoms with Crippen molar-refractivity contribution < 1.29 is 4.79 Å². The Bertz CT molecular complexity index is 1070. The molecule has 0 aliphatic carbocycles. The molecule has 4 nitrogen and oxygen atoms in total. The van der Waals surface area contributed by atoms with Crippen LogP contribution in [-0.2, 0) is 11.3 Å². The Morgan fingerprint density at radius 3 is 2.54 bits per heavy atom. The molecule has 0 atom stereocenters. The van der Waals surface area contributed by atoms with Crippen LogP contribution in [0.5, 0.6) is 0 Å². The molecule has 0 N–H and O–H groups in total. The molecule has 1 amide bonds. The molecule has 4 rings (SSSR count). The van der Waals surface area contributed by atoms with Crippen molar-refractivity contribution in [3.05, 3.63) is 76.8 Å². The number of amidine groups is 1. The van der Waals surface area contributed by atoms with Gasteiger partial charge in [-0.05, 0) is 43.3 Å². The lowest BCUT2D eigenvalue weighted by molar-refractivity contribution is -0.122. The van der Waals surface area contributed by atoms with Gasteiger partial charge in [-0.15, -0.1) is 0 Å². The summed E-state index contributed by atoms with van der Waals surface area (Å²) in [5.41, 5.74) is 3.49. The zero-order valence-electron chi connectivity index (χ0n) is 16.1. The first-order valence-corrected chi connectivity index (χ1v) is 10.4. The molecule has 0 unspecified atom stereocenters. The van der Waals surface area contributed by atoms with Crippen molar-refractivity contribution in [1.29, 1.82) is 0 Å². The molecular weight excluding hydrogens is 366 g/mol. The van der Waals surface area contributed by atoms with E-state index in [1.807, 2.05) is 32.1 Å². The van der Waals surface area contributed by atoms with E-state index in [2.05, 4.69) is 58.2 Å². The molecule has 0 bridgehead atoms. The number of aromatic nitrogens is 1. The van der Waals surface area contributed by atoms with E-state index in [1.54, 1.807) is 4.90 Å². The van der Waals surface area contributed by atoms with Crippen molar-refractivity contribution in [1.82, 2.24) is 9.47 Å². The molecule has 1 aliphatic rings. The first kappa shape index (κ1) is 18.6. The highest BCUT2D eigenvalue weighted by Crippen LogP contribution is 2.34. The van der Waals surface area contributed by atoms with Crippen molar-refractivity contribution in [2.24, 2.45) is 4.99 Å². The minimum absolute atomic E-state index is 0.0413. The van der Waals surface area contributed by atoms with Crippen LogP contribution in [0.1, 0.15) is 25.0 Å². The fourth-order valence-corrected chi connectivity index (χ4v) is 4.58. The Morgan fingerprint density at radius 2 is 1.79 bits per heavy atom. The summed E-state index contributed by atoms with van der Waals surface area (Å²) in [6.07, 6.45) is 4.15. The van der Waals surface area contributed by atoms with Gasteiger partial charge < -0.3 is 4.57 Å². The predicted octanol–water partition coefficient (Wildman–Crippen LogP) is 5.00. The molecule has 5 heteroatoms. The number of hydrogen-bond acceptors (Lipinski definition) is 3. The van der Waals surface area contributed by atoms with Crippen molar-refractivity contribution in [2.45, 2.75) is 20.4 Å². The molecule has 0 spiro atoms. The maximum absolute atomic E-state index is 12.8. The number of thioether (sulfide) groups is 1. The Labute approximate surface area is 169 Å². The van der Waals surface area contributed by atoms with Crippen LogP contribution in [-0.4, -0.2) is 33.6 Å². The SMILES string of the molecule is CCN=C1S/C(=C\c2cn(Cc3ccccc3)c3ccccc23)C(=O)N1CC. The monoisotopic (exact) mass is 389 g/mol. The van der Waals surface area contributed by atoms with Gasteiger partial charge in [-0.2, -0.15) is 0 Å². The van der Waals surface area contributed by atoms with Crippen molar-refractivity contribution in [2.75, 3.05) is 13.1 Å². The van der Waals surface area contributed by atoms with Crippen molar-refractivity contribution in [3.8, 4) is 0 Å². The number of carbonyl (C=O) groups excluding carboxylic acids is 1. The van der Waals surface area contributed by atoms with Crippen LogP contribution in [0.3, 0.4) is 0 Å². The van der Waals surface area contributed by atoms with Crippen LogP contribution in [0, 0.1) is 0 Å². The van der Waals surface area contributed by atoms with Gasteiger partial charge in [-0.3, -0.25) is 14.7 Å². The summed E-state index contributed by atoms with van der Waals surface area (Å²) < 4.78 is 2.25. The number of rotatable bonds is 5. The van der Waals surface area contributed by atoms with E-state index in [0.717, 1.165) is 27.6 Å². The zero-order valence-corrected chi connectivity index (χ0v) is 16.9. The highest BCUT2D eigenvalue weighted by Gasteiger charge is 2.32. The highest BCUT2D eigenvalue weighted by atomic mass is 32.2. The summed E-state index contributed by atoms with van der Waals surface area (Å²) in [5.74, 6) is 0.0413. The summed E-state index contributed by atoms with van der Waals surface area (Å²) in [7, 11) is 0. The third kappa shape index (κ3) is 3.50. The molecule has 0 saturated carbocycles. The van der Waals surface area contributed by atoms with E-state index in [4.69, 9.17) is 0 Å². The third-order valence-electron chi connectivity index (χ3n) is 4.80. The second-order valence-electron chi connectivity index (χ2n) is 6.63. The maximum atomic E-state index is 12.8. The van der Waals surface area contributed by atoms with Gasteiger partial charge in [0.2, 0.25) is 0 Å². The van der Waals surface area contributed by atoms with E-state index < -0.39 is 0 Å². The minimum Gasteiger partial charge on any atom is -0.342 e. The zero-order chi connectivity index (χ0) is 19.5. The number of amides is 1. The molecular formula is C23H23N3OS. The Balaban J connectivity index is 1.74. The van der Waals surface area contributed by atoms with Crippen LogP contribution in [0.2, 0.25) is 0 Å². The first-order chi connectivity index (χ1) is 13.7. The number of aliphatic imine (C=N–C) groups is 1. The second-order valence-corrected chi connectivity index (χ2v) is 7.64. The highest BCUT2D eigenvalue weighted by molar-refractivity contribution is 8.18. The van der Waals surface area contributed by atoms with Gasteiger partial charge in [0.25, 0.3) is 5.91 Å². The fourth-order valence-electron chi connectivity index (χ4n) is 3.48. The summed E-state index contributed by atoms with van der Waals surface area (Å²) in [6.45, 7) is 6.09. The van der Waals surface area contributed by atoms with Crippen molar-refractivity contribution >= 4 is 39.8 Å². The minimum atomic E-state index is 0.0413. The molecule has 1 saturated heterocycles. The molecule has 142 valence electrons. The van der Waals surface area contributed by atoms with Gasteiger partial charge in [0.05, 0.1) is 4.91 Å². The molecule has 1 aromatic heterocycles. The van der Waals surface area contributed by atoms with Crippen LogP contribution in [0.4, 0.5) is 0 Å². The molecule has 28 heavy (non-hydrogen) atoms. The topological polar surface area (TPSA) is 37.6 Å². The largest absolute Gasteiger partial charge is 0.342 e. The predicted molar refractivity (Wildman–Crippen MR) is 118 cm³/mol. The first-order valence-electron chi connectivity index (χ1n) is 9.59. The van der Waals surface area contributed by atoms with E-state index in [1.165, 1.54) is 22.8 Å². The molecule has 2 aromatic carbocycles. The van der Waals surface area contributed by atoms with Crippen LogP contribution >= 0.6 is 11.8 Å². The maximum Gasteiger partial charge on any atom is 0.266 e. The average Bonchev–Trinajstić information content (AvgIpc) is 3.21. The quantitative estimate of drug-likeness (QED) is 0.576. The fraction of sp³-hybridized carbons (Fsp3) is 0.217. The normalized spacial score (nSPS) is 17.4. The van der Waals surface area contributed by atoms with Gasteiger partial charge >= 0.3 is 0 Å². The van der Waals surface area contributed by atoms with E-state index in [9.17, 15) is 4.79 Å². The van der Waals surface area contributed by atoms with Gasteiger partial charge in [0, 0.05) is 42.3 Å². The molecule has 3 aromatic rings. The summed E-state index contributed by atoms with van der Waals surface area (Å²) in [5, 5.41) is 1.96. The number of hydrogen-bond donors (Lipinski definition) is 0. The number of carbonyl (C=O) groups is 1. The summed E-state index contributed by atoms with van der Waals surface area (Å²) >= 11 is 1.47. The standard InChI is InChI=1S/C23H23N3OS/c1-3-24-23-26(4-2)22(27)21(28-23)14-18-16-25(15-17-10-6-5-7-11-17)20-13-9-8-12-19(18)20/h5-14,16H,3-4,15H2,1-2H3/b21-14-,24-23?. The van der Waals surface area contributed by atoms with Gasteiger partial charge in [0.1, 0.15) is 0 Å². The van der Waals surface area contributed by atoms with Gasteiger partial charge in [-0.1, -0.05) is 48.5 Å². The average molecular weight is 390 g/mol. The molecule has 0 radical (unpaired) electrons. The summed E-state index contributed by atoms with van der Waals surface area (Å²) in [4.78, 5) is 19.8. The second kappa shape index (κ2) is 8.07. The Morgan fingerprint density at radius 1 is 1.04 bits per heavy atom. The van der Waals surface area contributed by atoms with E-state index in [0.29, 0.717) is 13.1 Å². The number of fused-ring (bicyclic) bond motifs is 1. The Hall–Kier alpha value is -2.79. The summed E-state index contributed by atoms with van der Waals surface area (Å²) in [6, 6.07) is 18.8. The number of likely N-dealkylation sites (N-methyl/N-ethyl adjacent to an activating group) is 1. The smallest absolute Gasteiger partial charge is 0.266 e. The molecule has 2 heterocycles. The van der Waals surface area contributed by atoms with Crippen LogP contribution < -0.4 is 0 Å². The third-order valence-corrected chi connectivity index (χ3v) is 5.84. The number of para-hydroxylation sites is 1. The van der Waals surface area contributed by atoms with Gasteiger partial charge in [-0.25, -0.2) is 0 Å². The number of nitrogens with zero attached hydrogens (tertiary/aromatic N) is 3. The lowest BCUT2D eigenvalue weighted by Gasteiger charge is -2.11. The van der Waals surface area contributed by atoms with Crippen LogP contribution in [0.15, 0.2) is 70.7 Å². The molecule has 1 fully saturated rings. The van der Waals surface area contributed by atoms with Crippen LogP contribution in [0.25, 0.3) is 17.0 Å². The molecule has 1 aliphatic heterocycles. The number of benzene rings is 2. The van der Waals surface area contributed by atoms with E-state index in [-0.39, 0.29) is 5.91 Å². The lowest BCUT2D eigenvalue weighted by Crippen LogP contribution is -2.28. The Kier molecular flexibility index (Phi) is 5.35. The van der Waals surface area contributed by atoms with E-state index >= 15 is 0 Å². The van der Waals surface area contributed by atoms with Crippen molar-refractivity contribution in [3.63, 3.8) is 0 Å².